The van der Waals surface area contributed by atoms with E-state index in [9.17, 15) is 5.11 Å². The number of anilines is 1. The van der Waals surface area contributed by atoms with Gasteiger partial charge in [0, 0.05) is 11.3 Å². The molecule has 2 N–H and O–H groups in total. The Hall–Kier alpha value is -1.16. The molecule has 4 heteroatoms. The van der Waals surface area contributed by atoms with Gasteiger partial charge in [-0.15, -0.1) is 0 Å². The van der Waals surface area contributed by atoms with E-state index in [1.54, 1.807) is 6.33 Å². The van der Waals surface area contributed by atoms with Gasteiger partial charge in [0.2, 0.25) is 0 Å². The van der Waals surface area contributed by atoms with Crippen molar-refractivity contribution in [1.29, 1.82) is 0 Å². The summed E-state index contributed by atoms with van der Waals surface area (Å²) in [4.78, 5) is 8.59. The van der Waals surface area contributed by atoms with Crippen LogP contribution in [0.15, 0.2) is 6.33 Å². The van der Waals surface area contributed by atoms with Crippen LogP contribution in [0.2, 0.25) is 0 Å². The molecule has 1 aromatic rings. The minimum Gasteiger partial charge on any atom is -0.394 e. The maximum Gasteiger partial charge on any atom is 0.133 e. The monoisotopic (exact) mass is 221 g/mol. The highest BCUT2D eigenvalue weighted by Crippen LogP contribution is 2.27. The molecule has 1 aromatic heterocycles. The van der Waals surface area contributed by atoms with E-state index in [-0.39, 0.29) is 12.1 Å². The lowest BCUT2D eigenvalue weighted by molar-refractivity contribution is 0.218. The number of hydrogen-bond donors (Lipinski definition) is 2. The van der Waals surface area contributed by atoms with Gasteiger partial charge in [0.25, 0.3) is 0 Å². The van der Waals surface area contributed by atoms with E-state index in [0.29, 0.717) is 0 Å². The summed E-state index contributed by atoms with van der Waals surface area (Å²) >= 11 is 0. The first kappa shape index (κ1) is 11.3. The van der Waals surface area contributed by atoms with Crippen LogP contribution in [0.1, 0.15) is 37.9 Å². The molecule has 88 valence electrons. The number of rotatable bonds is 4. The van der Waals surface area contributed by atoms with Gasteiger partial charge in [0.05, 0.1) is 12.1 Å². The average Bonchev–Trinajstić information content (AvgIpc) is 2.78. The third kappa shape index (κ3) is 2.02. The minimum absolute atomic E-state index is 0.113. The summed E-state index contributed by atoms with van der Waals surface area (Å²) in [5, 5.41) is 12.7. The maximum atomic E-state index is 9.39. The van der Waals surface area contributed by atoms with Crippen molar-refractivity contribution in [3.05, 3.63) is 17.6 Å². The van der Waals surface area contributed by atoms with Gasteiger partial charge in [-0.05, 0) is 32.6 Å². The van der Waals surface area contributed by atoms with Crippen LogP contribution < -0.4 is 5.32 Å². The molecule has 2 rings (SSSR count). The summed E-state index contributed by atoms with van der Waals surface area (Å²) in [7, 11) is 0. The zero-order valence-corrected chi connectivity index (χ0v) is 9.95. The third-order valence-corrected chi connectivity index (χ3v) is 3.42. The third-order valence-electron chi connectivity index (χ3n) is 3.42. The molecule has 0 spiro atoms. The number of aliphatic hydroxyl groups is 1. The molecule has 1 atom stereocenters. The molecule has 0 aliphatic heterocycles. The lowest BCUT2D eigenvalue weighted by Gasteiger charge is -2.28. The first-order chi connectivity index (χ1) is 7.68. The molecule has 0 saturated carbocycles. The van der Waals surface area contributed by atoms with Crippen LogP contribution in [-0.2, 0) is 12.8 Å². The van der Waals surface area contributed by atoms with Gasteiger partial charge < -0.3 is 10.4 Å². The van der Waals surface area contributed by atoms with E-state index in [0.717, 1.165) is 37.2 Å². The van der Waals surface area contributed by atoms with Crippen molar-refractivity contribution in [1.82, 2.24) is 9.97 Å². The second-order valence-electron chi connectivity index (χ2n) is 4.70. The predicted octanol–water partition coefficient (Wildman–Crippen LogP) is 1.54. The number of aromatic nitrogens is 2. The summed E-state index contributed by atoms with van der Waals surface area (Å²) in [6, 6.07) is 0. The van der Waals surface area contributed by atoms with Crippen molar-refractivity contribution in [2.24, 2.45) is 0 Å². The fourth-order valence-electron chi connectivity index (χ4n) is 1.99. The Kier molecular flexibility index (Phi) is 3.10. The van der Waals surface area contributed by atoms with Crippen LogP contribution in [0.4, 0.5) is 5.82 Å². The fraction of sp³-hybridized carbons (Fsp3) is 0.667. The first-order valence-corrected chi connectivity index (χ1v) is 5.90. The van der Waals surface area contributed by atoms with Gasteiger partial charge in [-0.25, -0.2) is 9.97 Å². The van der Waals surface area contributed by atoms with E-state index in [1.807, 2.05) is 6.92 Å². The Morgan fingerprint density at radius 1 is 1.44 bits per heavy atom. The quantitative estimate of drug-likeness (QED) is 0.809. The molecule has 0 fully saturated rings. The lowest BCUT2D eigenvalue weighted by atomic mass is 10.00. The highest BCUT2D eigenvalue weighted by molar-refractivity contribution is 5.49. The molecular formula is C12H19N3O. The Morgan fingerprint density at radius 3 is 2.94 bits per heavy atom. The number of fused-ring (bicyclic) bond motifs is 1. The normalized spacial score (nSPS) is 17.9. The zero-order valence-electron chi connectivity index (χ0n) is 9.95. The molecule has 4 nitrogen and oxygen atoms in total. The molecule has 1 aliphatic rings. The van der Waals surface area contributed by atoms with Crippen molar-refractivity contribution in [2.75, 3.05) is 11.9 Å². The van der Waals surface area contributed by atoms with Crippen LogP contribution in [-0.4, -0.2) is 27.2 Å². The molecule has 1 heterocycles. The minimum atomic E-state index is -0.287. The summed E-state index contributed by atoms with van der Waals surface area (Å²) in [6.07, 6.45) is 5.73. The van der Waals surface area contributed by atoms with Gasteiger partial charge in [-0.3, -0.25) is 0 Å². The Bertz CT molecular complexity index is 375. The number of hydrogen-bond acceptors (Lipinski definition) is 4. The topological polar surface area (TPSA) is 58.0 Å². The summed E-state index contributed by atoms with van der Waals surface area (Å²) < 4.78 is 0. The molecule has 0 aromatic carbocycles. The van der Waals surface area contributed by atoms with Crippen LogP contribution in [0.5, 0.6) is 0 Å². The van der Waals surface area contributed by atoms with Gasteiger partial charge in [0.15, 0.2) is 0 Å². The van der Waals surface area contributed by atoms with Gasteiger partial charge in [0.1, 0.15) is 12.1 Å². The van der Waals surface area contributed by atoms with Crippen molar-refractivity contribution in [3.63, 3.8) is 0 Å². The summed E-state index contributed by atoms with van der Waals surface area (Å²) in [6.45, 7) is 4.18. The first-order valence-electron chi connectivity index (χ1n) is 5.90. The number of aliphatic hydroxyl groups excluding tert-OH is 1. The largest absolute Gasteiger partial charge is 0.394 e. The molecule has 0 radical (unpaired) electrons. The van der Waals surface area contributed by atoms with Crippen molar-refractivity contribution >= 4 is 5.82 Å². The molecule has 0 bridgehead atoms. The highest BCUT2D eigenvalue weighted by atomic mass is 16.3. The average molecular weight is 221 g/mol. The predicted molar refractivity (Wildman–Crippen MR) is 63.5 cm³/mol. The maximum absolute atomic E-state index is 9.39. The number of nitrogens with one attached hydrogen (secondary N) is 1. The van der Waals surface area contributed by atoms with Crippen molar-refractivity contribution in [2.45, 2.75) is 45.1 Å². The lowest BCUT2D eigenvalue weighted by Crippen LogP contribution is -2.38. The van der Waals surface area contributed by atoms with E-state index >= 15 is 0 Å². The fourth-order valence-corrected chi connectivity index (χ4v) is 1.99. The molecule has 0 saturated heterocycles. The Morgan fingerprint density at radius 2 is 2.25 bits per heavy atom. The van der Waals surface area contributed by atoms with Crippen LogP contribution in [0.25, 0.3) is 0 Å². The van der Waals surface area contributed by atoms with E-state index in [1.165, 1.54) is 5.56 Å². The SMILES string of the molecule is CCC(C)(CO)Nc1ncnc2c1CCC2. The Labute approximate surface area is 96.1 Å². The van der Waals surface area contributed by atoms with Crippen LogP contribution >= 0.6 is 0 Å². The molecular weight excluding hydrogens is 202 g/mol. The summed E-state index contributed by atoms with van der Waals surface area (Å²) in [5.41, 5.74) is 2.11. The standard InChI is InChI=1S/C12H19N3O/c1-3-12(2,7-16)15-11-9-5-4-6-10(9)13-8-14-11/h8,16H,3-7H2,1-2H3,(H,13,14,15). The van der Waals surface area contributed by atoms with E-state index in [2.05, 4.69) is 22.2 Å². The van der Waals surface area contributed by atoms with Gasteiger partial charge in [-0.1, -0.05) is 6.92 Å². The van der Waals surface area contributed by atoms with Crippen molar-refractivity contribution < 1.29 is 5.11 Å². The molecule has 1 aliphatic carbocycles. The van der Waals surface area contributed by atoms with E-state index < -0.39 is 0 Å². The molecule has 1 unspecified atom stereocenters. The second-order valence-corrected chi connectivity index (χ2v) is 4.70. The smallest absolute Gasteiger partial charge is 0.133 e. The van der Waals surface area contributed by atoms with Crippen molar-refractivity contribution in [3.8, 4) is 0 Å². The molecule has 16 heavy (non-hydrogen) atoms. The number of nitrogens with zero attached hydrogens (tertiary/aromatic N) is 2. The summed E-state index contributed by atoms with van der Waals surface area (Å²) in [5.74, 6) is 0.904. The zero-order chi connectivity index (χ0) is 11.6. The number of aryl methyl sites for hydroxylation is 1. The van der Waals surface area contributed by atoms with Crippen LogP contribution in [0.3, 0.4) is 0 Å². The van der Waals surface area contributed by atoms with Crippen LogP contribution in [0, 0.1) is 0 Å². The molecule has 0 amide bonds. The van der Waals surface area contributed by atoms with E-state index in [4.69, 9.17) is 0 Å². The highest BCUT2D eigenvalue weighted by Gasteiger charge is 2.24. The Balaban J connectivity index is 2.25. The van der Waals surface area contributed by atoms with Gasteiger partial charge in [-0.2, -0.15) is 0 Å². The second kappa shape index (κ2) is 4.37. The van der Waals surface area contributed by atoms with Gasteiger partial charge >= 0.3 is 0 Å².